The zero-order valence-corrected chi connectivity index (χ0v) is 12.0. The van der Waals surface area contributed by atoms with E-state index in [0.717, 1.165) is 0 Å². The lowest BCUT2D eigenvalue weighted by molar-refractivity contribution is -0.384. The maximum Gasteiger partial charge on any atom is 0.270 e. The van der Waals surface area contributed by atoms with Crippen LogP contribution in [0.1, 0.15) is 12.5 Å². The van der Waals surface area contributed by atoms with Gasteiger partial charge in [0.15, 0.2) is 5.11 Å². The van der Waals surface area contributed by atoms with Crippen molar-refractivity contribution in [2.24, 2.45) is 5.10 Å². The van der Waals surface area contributed by atoms with E-state index in [1.165, 1.54) is 18.3 Å². The topological polar surface area (TPSA) is 88.8 Å². The van der Waals surface area contributed by atoms with Gasteiger partial charge in [-0.05, 0) is 19.1 Å². The molecule has 0 spiro atoms. The highest BCUT2D eigenvalue weighted by atomic mass is 32.1. The fourth-order valence-electron chi connectivity index (χ4n) is 1.43. The van der Waals surface area contributed by atoms with Gasteiger partial charge in [-0.1, -0.05) is 12.1 Å². The average molecular weight is 296 g/mol. The van der Waals surface area contributed by atoms with Crippen molar-refractivity contribution in [2.45, 2.75) is 13.0 Å². The van der Waals surface area contributed by atoms with Crippen molar-refractivity contribution in [3.05, 3.63) is 39.9 Å². The van der Waals surface area contributed by atoms with E-state index in [9.17, 15) is 10.1 Å². The van der Waals surface area contributed by atoms with E-state index in [1.807, 2.05) is 6.92 Å². The monoisotopic (exact) mass is 296 g/mol. The van der Waals surface area contributed by atoms with Crippen molar-refractivity contribution in [2.75, 3.05) is 13.7 Å². The molecule has 0 saturated carbocycles. The van der Waals surface area contributed by atoms with Crippen molar-refractivity contribution in [3.8, 4) is 0 Å². The summed E-state index contributed by atoms with van der Waals surface area (Å²) in [6.45, 7) is 2.44. The first-order valence-corrected chi connectivity index (χ1v) is 6.26. The van der Waals surface area contributed by atoms with Crippen LogP contribution in [0, 0.1) is 10.1 Å². The van der Waals surface area contributed by atoms with Crippen LogP contribution in [0.15, 0.2) is 29.4 Å². The molecule has 0 bridgehead atoms. The number of rotatable bonds is 6. The molecule has 1 aromatic carbocycles. The molecule has 8 heteroatoms. The summed E-state index contributed by atoms with van der Waals surface area (Å²) in [4.78, 5) is 10.2. The molecule has 0 heterocycles. The Kier molecular flexibility index (Phi) is 6.54. The molecule has 0 aliphatic rings. The van der Waals surface area contributed by atoms with Crippen LogP contribution in [0.2, 0.25) is 0 Å². The van der Waals surface area contributed by atoms with Gasteiger partial charge in [-0.2, -0.15) is 5.10 Å². The second-order valence-corrected chi connectivity index (χ2v) is 4.46. The number of thiocarbonyl (C=S) groups is 1. The van der Waals surface area contributed by atoms with Gasteiger partial charge in [0, 0.05) is 30.8 Å². The number of methoxy groups -OCH3 is 1. The van der Waals surface area contributed by atoms with Gasteiger partial charge in [-0.25, -0.2) is 0 Å². The van der Waals surface area contributed by atoms with Gasteiger partial charge in [0.2, 0.25) is 0 Å². The molecule has 7 nitrogen and oxygen atoms in total. The molecule has 20 heavy (non-hydrogen) atoms. The van der Waals surface area contributed by atoms with Crippen LogP contribution >= 0.6 is 12.2 Å². The minimum atomic E-state index is -0.455. The third-order valence-electron chi connectivity index (χ3n) is 2.25. The molecule has 2 N–H and O–H groups in total. The van der Waals surface area contributed by atoms with Crippen molar-refractivity contribution in [1.29, 1.82) is 0 Å². The lowest BCUT2D eigenvalue weighted by Crippen LogP contribution is -2.40. The number of hydrogen-bond donors (Lipinski definition) is 2. The normalized spacial score (nSPS) is 12.1. The predicted octanol–water partition coefficient (Wildman–Crippen LogP) is 1.43. The van der Waals surface area contributed by atoms with Crippen molar-refractivity contribution in [3.63, 3.8) is 0 Å². The van der Waals surface area contributed by atoms with Crippen LogP contribution < -0.4 is 10.7 Å². The van der Waals surface area contributed by atoms with Gasteiger partial charge >= 0.3 is 0 Å². The van der Waals surface area contributed by atoms with Gasteiger partial charge in [0.25, 0.3) is 5.69 Å². The van der Waals surface area contributed by atoms with Crippen molar-refractivity contribution >= 4 is 29.2 Å². The quantitative estimate of drug-likeness (QED) is 0.357. The molecule has 0 radical (unpaired) electrons. The zero-order valence-electron chi connectivity index (χ0n) is 11.2. The summed E-state index contributed by atoms with van der Waals surface area (Å²) in [6.07, 6.45) is 1.46. The summed E-state index contributed by atoms with van der Waals surface area (Å²) in [5.41, 5.74) is 3.26. The van der Waals surface area contributed by atoms with Gasteiger partial charge in [0.05, 0.1) is 17.7 Å². The number of nitrogens with zero attached hydrogens (tertiary/aromatic N) is 2. The SMILES string of the molecule is COC[C@@H](C)NC(=S)N/N=C\c1cccc([N+](=O)[O-])c1. The number of hydrogen-bond acceptors (Lipinski definition) is 5. The summed E-state index contributed by atoms with van der Waals surface area (Å²) in [6, 6.07) is 6.21. The average Bonchev–Trinajstić information content (AvgIpc) is 2.39. The summed E-state index contributed by atoms with van der Waals surface area (Å²) in [5.74, 6) is 0. The number of non-ortho nitro benzene ring substituents is 1. The Hall–Kier alpha value is -2.06. The standard InChI is InChI=1S/C12H16N4O3S/c1-9(8-19-2)14-12(20)15-13-7-10-4-3-5-11(6-10)16(17)18/h3-7,9H,8H2,1-2H3,(H2,14,15,20)/b13-7-/t9-/m1/s1. The Labute approximate surface area is 122 Å². The Balaban J connectivity index is 2.50. The van der Waals surface area contributed by atoms with Crippen LogP contribution in [0.3, 0.4) is 0 Å². The van der Waals surface area contributed by atoms with Crippen LogP contribution in [0.4, 0.5) is 5.69 Å². The van der Waals surface area contributed by atoms with E-state index >= 15 is 0 Å². The summed E-state index contributed by atoms with van der Waals surface area (Å²) in [5, 5.41) is 17.9. The molecule has 0 unspecified atom stereocenters. The van der Waals surface area contributed by atoms with Crippen LogP contribution in [0.25, 0.3) is 0 Å². The molecule has 0 saturated heterocycles. The highest BCUT2D eigenvalue weighted by Crippen LogP contribution is 2.11. The first-order valence-electron chi connectivity index (χ1n) is 5.86. The molecule has 108 valence electrons. The summed E-state index contributed by atoms with van der Waals surface area (Å²) in [7, 11) is 1.61. The third-order valence-corrected chi connectivity index (χ3v) is 2.46. The smallest absolute Gasteiger partial charge is 0.270 e. The molecule has 1 rings (SSSR count). The Morgan fingerprint density at radius 3 is 3.05 bits per heavy atom. The molecule has 0 aliphatic carbocycles. The van der Waals surface area contributed by atoms with Crippen LogP contribution in [-0.4, -0.2) is 36.0 Å². The van der Waals surface area contributed by atoms with Gasteiger partial charge in [-0.15, -0.1) is 0 Å². The molecular formula is C12H16N4O3S. The molecule has 0 fully saturated rings. The lowest BCUT2D eigenvalue weighted by atomic mass is 10.2. The lowest BCUT2D eigenvalue weighted by Gasteiger charge is -2.13. The second kappa shape index (κ2) is 8.18. The minimum Gasteiger partial charge on any atom is -0.383 e. The fourth-order valence-corrected chi connectivity index (χ4v) is 1.69. The minimum absolute atomic E-state index is 0.0170. The third kappa shape index (κ3) is 5.72. The molecule has 1 atom stereocenters. The van der Waals surface area contributed by atoms with Gasteiger partial charge in [-0.3, -0.25) is 15.5 Å². The van der Waals surface area contributed by atoms with E-state index < -0.39 is 4.92 Å². The van der Waals surface area contributed by atoms with E-state index in [4.69, 9.17) is 17.0 Å². The predicted molar refractivity (Wildman–Crippen MR) is 80.9 cm³/mol. The maximum atomic E-state index is 10.6. The molecular weight excluding hydrogens is 280 g/mol. The van der Waals surface area contributed by atoms with Crippen molar-refractivity contribution < 1.29 is 9.66 Å². The van der Waals surface area contributed by atoms with Gasteiger partial charge < -0.3 is 10.1 Å². The van der Waals surface area contributed by atoms with Crippen molar-refractivity contribution in [1.82, 2.24) is 10.7 Å². The number of ether oxygens (including phenoxy) is 1. The van der Waals surface area contributed by atoms with E-state index in [1.54, 1.807) is 19.2 Å². The summed E-state index contributed by atoms with van der Waals surface area (Å²) >= 11 is 5.03. The number of nitro benzene ring substituents is 1. The van der Waals surface area contributed by atoms with Gasteiger partial charge in [0.1, 0.15) is 0 Å². The molecule has 0 aliphatic heterocycles. The van der Waals surface area contributed by atoms with E-state index in [2.05, 4.69) is 15.8 Å². The highest BCUT2D eigenvalue weighted by Gasteiger charge is 2.04. The van der Waals surface area contributed by atoms with E-state index in [-0.39, 0.29) is 11.7 Å². The Morgan fingerprint density at radius 2 is 2.40 bits per heavy atom. The molecule has 1 aromatic rings. The largest absolute Gasteiger partial charge is 0.383 e. The first kappa shape index (κ1) is 16.0. The molecule has 0 aromatic heterocycles. The Bertz CT molecular complexity index is 507. The maximum absolute atomic E-state index is 10.6. The summed E-state index contributed by atoms with van der Waals surface area (Å²) < 4.78 is 4.96. The number of hydrazone groups is 1. The first-order chi connectivity index (χ1) is 9.52. The van der Waals surface area contributed by atoms with Crippen LogP contribution in [-0.2, 0) is 4.74 Å². The number of nitro groups is 1. The second-order valence-electron chi connectivity index (χ2n) is 4.05. The van der Waals surface area contributed by atoms with E-state index in [0.29, 0.717) is 17.3 Å². The fraction of sp³-hybridized carbons (Fsp3) is 0.333. The highest BCUT2D eigenvalue weighted by molar-refractivity contribution is 7.80. The number of benzene rings is 1. The number of nitrogens with one attached hydrogen (secondary N) is 2. The zero-order chi connectivity index (χ0) is 15.0. The molecule has 0 amide bonds. The van der Waals surface area contributed by atoms with Crippen LogP contribution in [0.5, 0.6) is 0 Å². The Morgan fingerprint density at radius 1 is 1.65 bits per heavy atom.